The second kappa shape index (κ2) is 5.35. The van der Waals surface area contributed by atoms with Gasteiger partial charge in [-0.3, -0.25) is 0 Å². The molecule has 0 aliphatic carbocycles. The van der Waals surface area contributed by atoms with Crippen molar-refractivity contribution in [3.63, 3.8) is 0 Å². The first-order valence-electron chi connectivity index (χ1n) is 6.51. The summed E-state index contributed by atoms with van der Waals surface area (Å²) in [5.74, 6) is 0.869. The number of rotatable bonds is 3. The van der Waals surface area contributed by atoms with E-state index in [0.29, 0.717) is 0 Å². The van der Waals surface area contributed by atoms with E-state index < -0.39 is 0 Å². The van der Waals surface area contributed by atoms with Crippen molar-refractivity contribution in [2.75, 3.05) is 12.4 Å². The zero-order valence-corrected chi connectivity index (χ0v) is 12.0. The largest absolute Gasteiger partial charge is 0.497 e. The molecule has 0 aromatic heterocycles. The van der Waals surface area contributed by atoms with Gasteiger partial charge in [-0.05, 0) is 47.4 Å². The highest BCUT2D eigenvalue weighted by Crippen LogP contribution is 2.26. The quantitative estimate of drug-likeness (QED) is 0.855. The molecule has 0 atom stereocenters. The Balaban J connectivity index is 2.18. The number of anilines is 2. The van der Waals surface area contributed by atoms with Gasteiger partial charge in [0.2, 0.25) is 0 Å². The number of benzene rings is 2. The minimum absolute atomic E-state index is 0.164. The predicted octanol–water partition coefficient (Wildman–Crippen LogP) is 4.74. The zero-order valence-electron chi connectivity index (χ0n) is 12.0. The van der Waals surface area contributed by atoms with E-state index in [1.165, 1.54) is 5.56 Å². The van der Waals surface area contributed by atoms with E-state index in [0.717, 1.165) is 17.1 Å². The standard InChI is InChI=1S/C17H21NO/c1-17(2,3)13-6-5-7-15(12-13)18-14-8-10-16(19-4)11-9-14/h5-12,18H,1-4H3. The molecular weight excluding hydrogens is 234 g/mol. The Kier molecular flexibility index (Phi) is 3.79. The summed E-state index contributed by atoms with van der Waals surface area (Å²) >= 11 is 0. The van der Waals surface area contributed by atoms with Gasteiger partial charge in [-0.25, -0.2) is 0 Å². The number of ether oxygens (including phenoxy) is 1. The molecule has 0 unspecified atom stereocenters. The molecule has 0 aliphatic rings. The molecule has 0 saturated heterocycles. The van der Waals surface area contributed by atoms with Crippen LogP contribution in [0.4, 0.5) is 11.4 Å². The predicted molar refractivity (Wildman–Crippen MR) is 81.4 cm³/mol. The number of methoxy groups -OCH3 is 1. The summed E-state index contributed by atoms with van der Waals surface area (Å²) in [6.45, 7) is 6.67. The summed E-state index contributed by atoms with van der Waals surface area (Å²) in [5.41, 5.74) is 3.66. The van der Waals surface area contributed by atoms with Gasteiger partial charge in [0.1, 0.15) is 5.75 Å². The van der Waals surface area contributed by atoms with Crippen LogP contribution < -0.4 is 10.1 Å². The Morgan fingerprint density at radius 3 is 2.16 bits per heavy atom. The molecule has 2 aromatic carbocycles. The molecule has 0 bridgehead atoms. The summed E-state index contributed by atoms with van der Waals surface area (Å²) in [5, 5.41) is 3.41. The first kappa shape index (κ1) is 13.5. The van der Waals surface area contributed by atoms with Crippen molar-refractivity contribution < 1.29 is 4.74 Å². The van der Waals surface area contributed by atoms with Crippen LogP contribution in [0, 0.1) is 0 Å². The van der Waals surface area contributed by atoms with Crippen molar-refractivity contribution in [3.05, 3.63) is 54.1 Å². The monoisotopic (exact) mass is 255 g/mol. The van der Waals surface area contributed by atoms with Crippen LogP contribution in [0.1, 0.15) is 26.3 Å². The van der Waals surface area contributed by atoms with Gasteiger partial charge in [0.15, 0.2) is 0 Å². The molecule has 2 nitrogen and oxygen atoms in total. The molecule has 0 radical (unpaired) electrons. The van der Waals surface area contributed by atoms with Crippen molar-refractivity contribution in [3.8, 4) is 5.75 Å². The highest BCUT2D eigenvalue weighted by Gasteiger charge is 2.13. The van der Waals surface area contributed by atoms with E-state index in [9.17, 15) is 0 Å². The molecule has 0 spiro atoms. The van der Waals surface area contributed by atoms with E-state index in [1.54, 1.807) is 7.11 Å². The van der Waals surface area contributed by atoms with Crippen LogP contribution >= 0.6 is 0 Å². The fourth-order valence-electron chi connectivity index (χ4n) is 1.90. The average Bonchev–Trinajstić information content (AvgIpc) is 2.39. The van der Waals surface area contributed by atoms with E-state index in [4.69, 9.17) is 4.74 Å². The maximum Gasteiger partial charge on any atom is 0.119 e. The maximum atomic E-state index is 5.16. The van der Waals surface area contributed by atoms with Gasteiger partial charge < -0.3 is 10.1 Å². The third-order valence-electron chi connectivity index (χ3n) is 3.11. The molecule has 0 aliphatic heterocycles. The van der Waals surface area contributed by atoms with Crippen molar-refractivity contribution in [1.29, 1.82) is 0 Å². The average molecular weight is 255 g/mol. The van der Waals surface area contributed by atoms with Gasteiger partial charge in [-0.2, -0.15) is 0 Å². The minimum Gasteiger partial charge on any atom is -0.497 e. The summed E-state index contributed by atoms with van der Waals surface area (Å²) in [7, 11) is 1.68. The molecule has 2 heteroatoms. The summed E-state index contributed by atoms with van der Waals surface area (Å²) < 4.78 is 5.16. The Hall–Kier alpha value is -1.96. The van der Waals surface area contributed by atoms with Crippen LogP contribution in [0.25, 0.3) is 0 Å². The molecule has 0 amide bonds. The molecule has 19 heavy (non-hydrogen) atoms. The van der Waals surface area contributed by atoms with Crippen LogP contribution in [0.5, 0.6) is 5.75 Å². The molecule has 0 saturated carbocycles. The molecule has 1 N–H and O–H groups in total. The SMILES string of the molecule is COc1ccc(Nc2cccc(C(C)(C)C)c2)cc1. The van der Waals surface area contributed by atoms with Crippen LogP contribution in [-0.4, -0.2) is 7.11 Å². The van der Waals surface area contributed by atoms with Crippen molar-refractivity contribution in [1.82, 2.24) is 0 Å². The first-order chi connectivity index (χ1) is 8.99. The van der Waals surface area contributed by atoms with Crippen LogP contribution in [0.2, 0.25) is 0 Å². The van der Waals surface area contributed by atoms with E-state index in [1.807, 2.05) is 24.3 Å². The van der Waals surface area contributed by atoms with Crippen LogP contribution in [-0.2, 0) is 5.41 Å². The highest BCUT2D eigenvalue weighted by molar-refractivity contribution is 5.61. The van der Waals surface area contributed by atoms with Crippen LogP contribution in [0.15, 0.2) is 48.5 Å². The lowest BCUT2D eigenvalue weighted by molar-refractivity contribution is 0.415. The maximum absolute atomic E-state index is 5.16. The Morgan fingerprint density at radius 2 is 1.58 bits per heavy atom. The minimum atomic E-state index is 0.164. The van der Waals surface area contributed by atoms with E-state index in [2.05, 4.69) is 50.4 Å². The molecule has 100 valence electrons. The summed E-state index contributed by atoms with van der Waals surface area (Å²) in [6.07, 6.45) is 0. The second-order valence-corrected chi connectivity index (χ2v) is 5.68. The molecule has 0 heterocycles. The summed E-state index contributed by atoms with van der Waals surface area (Å²) in [4.78, 5) is 0. The van der Waals surface area contributed by atoms with E-state index in [-0.39, 0.29) is 5.41 Å². The molecule has 0 fully saturated rings. The molecule has 2 aromatic rings. The van der Waals surface area contributed by atoms with Gasteiger partial charge in [-0.15, -0.1) is 0 Å². The van der Waals surface area contributed by atoms with Gasteiger partial charge in [0.25, 0.3) is 0 Å². The number of hydrogen-bond donors (Lipinski definition) is 1. The number of nitrogens with one attached hydrogen (secondary N) is 1. The highest BCUT2D eigenvalue weighted by atomic mass is 16.5. The topological polar surface area (TPSA) is 21.3 Å². The Morgan fingerprint density at radius 1 is 0.895 bits per heavy atom. The van der Waals surface area contributed by atoms with Crippen molar-refractivity contribution in [2.24, 2.45) is 0 Å². The van der Waals surface area contributed by atoms with Gasteiger partial charge >= 0.3 is 0 Å². The number of hydrogen-bond acceptors (Lipinski definition) is 2. The van der Waals surface area contributed by atoms with Crippen molar-refractivity contribution >= 4 is 11.4 Å². The zero-order chi connectivity index (χ0) is 13.9. The van der Waals surface area contributed by atoms with Gasteiger partial charge in [0.05, 0.1) is 7.11 Å². The fraction of sp³-hybridized carbons (Fsp3) is 0.294. The fourth-order valence-corrected chi connectivity index (χ4v) is 1.90. The molecular formula is C17H21NO. The smallest absolute Gasteiger partial charge is 0.119 e. The first-order valence-corrected chi connectivity index (χ1v) is 6.51. The lowest BCUT2D eigenvalue weighted by atomic mass is 9.87. The van der Waals surface area contributed by atoms with E-state index >= 15 is 0 Å². The Bertz CT molecular complexity index is 538. The van der Waals surface area contributed by atoms with Gasteiger partial charge in [0, 0.05) is 11.4 Å². The lowest BCUT2D eigenvalue weighted by Crippen LogP contribution is -2.10. The second-order valence-electron chi connectivity index (χ2n) is 5.68. The Labute approximate surface area is 115 Å². The molecule has 2 rings (SSSR count). The third-order valence-corrected chi connectivity index (χ3v) is 3.11. The van der Waals surface area contributed by atoms with Gasteiger partial charge in [-0.1, -0.05) is 32.9 Å². The third kappa shape index (κ3) is 3.50. The lowest BCUT2D eigenvalue weighted by Gasteiger charge is -2.20. The van der Waals surface area contributed by atoms with Crippen molar-refractivity contribution in [2.45, 2.75) is 26.2 Å². The summed E-state index contributed by atoms with van der Waals surface area (Å²) in [6, 6.07) is 16.5. The van der Waals surface area contributed by atoms with Crippen LogP contribution in [0.3, 0.4) is 0 Å². The normalized spacial score (nSPS) is 11.2.